The molecule has 41 heavy (non-hydrogen) atoms. The Bertz CT molecular complexity index is 992. The van der Waals surface area contributed by atoms with Gasteiger partial charge in [0.05, 0.1) is 43.8 Å². The first-order valence-corrected chi connectivity index (χ1v) is 14.7. The van der Waals surface area contributed by atoms with Crippen molar-refractivity contribution in [2.75, 3.05) is 53.7 Å². The fourth-order valence-electron chi connectivity index (χ4n) is 5.95. The number of nitrogen functional groups attached to an aromatic ring is 1. The largest absolute Gasteiger partial charge is 0.384 e. The van der Waals surface area contributed by atoms with E-state index in [1.807, 2.05) is 36.8 Å². The average molecular weight is 577 g/mol. The zero-order valence-corrected chi connectivity index (χ0v) is 26.3. The Kier molecular flexibility index (Phi) is 14.0. The molecule has 5 unspecified atom stereocenters. The summed E-state index contributed by atoms with van der Waals surface area (Å²) in [6.45, 7) is 9.66. The Morgan fingerprint density at radius 1 is 1.22 bits per heavy atom. The lowest BCUT2D eigenvalue weighted by Crippen LogP contribution is -2.54. The molecule has 11 nitrogen and oxygen atoms in total. The maximum Gasteiger partial charge on any atom is 0.242 e. The molecule has 2 heterocycles. The van der Waals surface area contributed by atoms with Gasteiger partial charge in [-0.05, 0) is 49.4 Å². The quantitative estimate of drug-likeness (QED) is 0.306. The van der Waals surface area contributed by atoms with Gasteiger partial charge in [-0.3, -0.25) is 19.3 Å². The van der Waals surface area contributed by atoms with Crippen molar-refractivity contribution in [3.05, 3.63) is 23.9 Å². The lowest BCUT2D eigenvalue weighted by atomic mass is 9.90. The van der Waals surface area contributed by atoms with Crippen LogP contribution in [0.4, 0.5) is 5.82 Å². The normalized spacial score (nSPS) is 18.3. The minimum absolute atomic E-state index is 0.0104. The standard InChI is InChI=1S/C30H52N6O5/c1-9-21(4)29(24(41-8)16-26(37)36-14-10-11-23(36)19-40-7)35(6)27(38)17-33-30(39)28(20(2)3)34(5)18-22-12-13-32-25(31)15-22/h12-13,15,20-21,23-24,28-29H,9-11,14,16-19H2,1-8H3,(H2,31,32)(H,33,39). The number of carbonyl (C=O) groups excluding carboxylic acids is 3. The molecule has 0 aliphatic carbocycles. The highest BCUT2D eigenvalue weighted by atomic mass is 16.5. The van der Waals surface area contributed by atoms with E-state index in [-0.39, 0.29) is 54.6 Å². The van der Waals surface area contributed by atoms with Crippen LogP contribution in [0.2, 0.25) is 0 Å². The van der Waals surface area contributed by atoms with Crippen molar-refractivity contribution < 1.29 is 23.9 Å². The van der Waals surface area contributed by atoms with E-state index >= 15 is 0 Å². The molecular formula is C30H52N6O5. The smallest absolute Gasteiger partial charge is 0.242 e. The van der Waals surface area contributed by atoms with E-state index in [0.717, 1.165) is 24.8 Å². The summed E-state index contributed by atoms with van der Waals surface area (Å²) >= 11 is 0. The van der Waals surface area contributed by atoms with Crippen LogP contribution >= 0.6 is 0 Å². The number of likely N-dealkylation sites (N-methyl/N-ethyl adjacent to an activating group) is 2. The summed E-state index contributed by atoms with van der Waals surface area (Å²) in [5.41, 5.74) is 6.77. The first-order chi connectivity index (χ1) is 19.4. The van der Waals surface area contributed by atoms with Gasteiger partial charge < -0.3 is 30.3 Å². The number of hydrogen-bond acceptors (Lipinski definition) is 8. The van der Waals surface area contributed by atoms with E-state index in [2.05, 4.69) is 24.1 Å². The Morgan fingerprint density at radius 3 is 2.51 bits per heavy atom. The summed E-state index contributed by atoms with van der Waals surface area (Å²) in [6, 6.07) is 2.95. The molecule has 1 saturated heterocycles. The van der Waals surface area contributed by atoms with E-state index in [4.69, 9.17) is 15.2 Å². The van der Waals surface area contributed by atoms with Gasteiger partial charge in [-0.1, -0.05) is 34.1 Å². The van der Waals surface area contributed by atoms with E-state index in [0.29, 0.717) is 25.5 Å². The summed E-state index contributed by atoms with van der Waals surface area (Å²) < 4.78 is 11.2. The molecule has 1 aromatic rings. The topological polar surface area (TPSA) is 130 Å². The fourth-order valence-corrected chi connectivity index (χ4v) is 5.95. The van der Waals surface area contributed by atoms with Crippen molar-refractivity contribution in [1.82, 2.24) is 25.0 Å². The number of carbonyl (C=O) groups is 3. The van der Waals surface area contributed by atoms with E-state index in [1.165, 1.54) is 0 Å². The van der Waals surface area contributed by atoms with Crippen molar-refractivity contribution >= 4 is 23.5 Å². The second kappa shape index (κ2) is 16.6. The van der Waals surface area contributed by atoms with Crippen molar-refractivity contribution in [3.8, 4) is 0 Å². The Morgan fingerprint density at radius 2 is 1.93 bits per heavy atom. The van der Waals surface area contributed by atoms with Gasteiger partial charge >= 0.3 is 0 Å². The van der Waals surface area contributed by atoms with Gasteiger partial charge in [-0.2, -0.15) is 0 Å². The summed E-state index contributed by atoms with van der Waals surface area (Å²) in [7, 11) is 6.84. The second-order valence-corrected chi connectivity index (χ2v) is 11.6. The molecule has 1 aliphatic rings. The van der Waals surface area contributed by atoms with Crippen LogP contribution in [0.3, 0.4) is 0 Å². The number of methoxy groups -OCH3 is 2. The molecule has 0 saturated carbocycles. The first-order valence-electron chi connectivity index (χ1n) is 14.7. The van der Waals surface area contributed by atoms with Crippen LogP contribution in [0.1, 0.15) is 58.9 Å². The minimum Gasteiger partial charge on any atom is -0.384 e. The Labute approximate surface area is 246 Å². The Balaban J connectivity index is 2.08. The zero-order chi connectivity index (χ0) is 30.7. The van der Waals surface area contributed by atoms with E-state index in [9.17, 15) is 14.4 Å². The molecule has 1 aliphatic heterocycles. The Hall–Kier alpha value is -2.76. The highest BCUT2D eigenvalue weighted by Crippen LogP contribution is 2.25. The number of nitrogens with zero attached hydrogens (tertiary/aromatic N) is 4. The van der Waals surface area contributed by atoms with E-state index in [1.54, 1.807) is 38.4 Å². The highest BCUT2D eigenvalue weighted by molar-refractivity contribution is 5.87. The van der Waals surface area contributed by atoms with Crippen LogP contribution in [0.25, 0.3) is 0 Å². The van der Waals surface area contributed by atoms with Crippen molar-refractivity contribution in [1.29, 1.82) is 0 Å². The summed E-state index contributed by atoms with van der Waals surface area (Å²) in [5.74, 6) is 0.0749. The van der Waals surface area contributed by atoms with Crippen LogP contribution in [0.5, 0.6) is 0 Å². The van der Waals surface area contributed by atoms with Crippen LogP contribution in [0, 0.1) is 11.8 Å². The summed E-state index contributed by atoms with van der Waals surface area (Å²) in [4.78, 5) is 49.5. The van der Waals surface area contributed by atoms with Crippen molar-refractivity contribution in [2.24, 2.45) is 11.8 Å². The molecule has 0 spiro atoms. The molecule has 0 radical (unpaired) electrons. The molecule has 3 N–H and O–H groups in total. The molecule has 232 valence electrons. The predicted octanol–water partition coefficient (Wildman–Crippen LogP) is 2.15. The number of rotatable bonds is 16. The van der Waals surface area contributed by atoms with Crippen LogP contribution < -0.4 is 11.1 Å². The third-order valence-corrected chi connectivity index (χ3v) is 8.25. The maximum absolute atomic E-state index is 13.4. The van der Waals surface area contributed by atoms with Gasteiger partial charge in [-0.15, -0.1) is 0 Å². The van der Waals surface area contributed by atoms with Gasteiger partial charge in [0.2, 0.25) is 17.7 Å². The summed E-state index contributed by atoms with van der Waals surface area (Å²) in [6.07, 6.45) is 4.03. The summed E-state index contributed by atoms with van der Waals surface area (Å²) in [5, 5.41) is 2.86. The molecular weight excluding hydrogens is 524 g/mol. The van der Waals surface area contributed by atoms with Gasteiger partial charge in [0, 0.05) is 40.6 Å². The number of amides is 3. The lowest BCUT2D eigenvalue weighted by molar-refractivity contribution is -0.143. The molecule has 0 aromatic carbocycles. The van der Waals surface area contributed by atoms with Crippen LogP contribution in [0.15, 0.2) is 18.3 Å². The number of ether oxygens (including phenoxy) is 2. The number of hydrogen-bond donors (Lipinski definition) is 2. The number of likely N-dealkylation sites (tertiary alicyclic amines) is 1. The lowest BCUT2D eigenvalue weighted by Gasteiger charge is -2.38. The molecule has 2 rings (SSSR count). The molecule has 5 atom stereocenters. The zero-order valence-electron chi connectivity index (χ0n) is 26.3. The van der Waals surface area contributed by atoms with Crippen molar-refractivity contribution in [3.63, 3.8) is 0 Å². The molecule has 3 amide bonds. The SMILES string of the molecule is CCC(C)C(C(CC(=O)N1CCCC1COC)OC)N(C)C(=O)CNC(=O)C(C(C)C)N(C)Cc1ccnc(N)c1. The predicted molar refractivity (Wildman–Crippen MR) is 160 cm³/mol. The average Bonchev–Trinajstić information content (AvgIpc) is 3.39. The van der Waals surface area contributed by atoms with Gasteiger partial charge in [0.25, 0.3) is 0 Å². The molecule has 0 bridgehead atoms. The third kappa shape index (κ3) is 9.65. The number of nitrogens with two attached hydrogens (primary N) is 1. The molecule has 1 aromatic heterocycles. The van der Waals surface area contributed by atoms with Gasteiger partial charge in [0.1, 0.15) is 5.82 Å². The monoisotopic (exact) mass is 576 g/mol. The number of pyridine rings is 1. The van der Waals surface area contributed by atoms with Gasteiger partial charge in [-0.25, -0.2) is 4.98 Å². The number of aromatic nitrogens is 1. The van der Waals surface area contributed by atoms with Crippen LogP contribution in [-0.2, 0) is 30.4 Å². The van der Waals surface area contributed by atoms with Gasteiger partial charge in [0.15, 0.2) is 0 Å². The molecule has 1 fully saturated rings. The first kappa shape index (κ1) is 34.4. The van der Waals surface area contributed by atoms with Crippen molar-refractivity contribution in [2.45, 2.75) is 84.2 Å². The minimum atomic E-state index is -0.478. The number of nitrogens with one attached hydrogen (secondary N) is 1. The fraction of sp³-hybridized carbons (Fsp3) is 0.733. The highest BCUT2D eigenvalue weighted by Gasteiger charge is 2.37. The van der Waals surface area contributed by atoms with Crippen LogP contribution in [-0.4, -0.2) is 110 Å². The molecule has 11 heteroatoms. The maximum atomic E-state index is 13.4. The van der Waals surface area contributed by atoms with E-state index < -0.39 is 12.1 Å². The number of anilines is 1. The third-order valence-electron chi connectivity index (χ3n) is 8.25. The second-order valence-electron chi connectivity index (χ2n) is 11.6.